The zero-order valence-corrected chi connectivity index (χ0v) is 11.6. The van der Waals surface area contributed by atoms with Crippen molar-refractivity contribution in [1.29, 1.82) is 0 Å². The van der Waals surface area contributed by atoms with E-state index in [-0.39, 0.29) is 0 Å². The summed E-state index contributed by atoms with van der Waals surface area (Å²) in [4.78, 5) is 13.3. The predicted molar refractivity (Wildman–Crippen MR) is 68.2 cm³/mol. The maximum absolute atomic E-state index is 11.4. The van der Waals surface area contributed by atoms with E-state index in [1.807, 2.05) is 30.2 Å². The maximum atomic E-state index is 11.4. The van der Waals surface area contributed by atoms with Crippen LogP contribution in [0.2, 0.25) is 0 Å². The van der Waals surface area contributed by atoms with Gasteiger partial charge in [-0.3, -0.25) is 14.3 Å². The summed E-state index contributed by atoms with van der Waals surface area (Å²) in [6.07, 6.45) is 0.659. The molecule has 2 heterocycles. The quantitative estimate of drug-likeness (QED) is 0.892. The Morgan fingerprint density at radius 2 is 2.22 bits per heavy atom. The normalized spacial score (nSPS) is 17.8. The Hall–Kier alpha value is -1.08. The molecule has 18 heavy (non-hydrogen) atoms. The van der Waals surface area contributed by atoms with E-state index in [0.717, 1.165) is 11.0 Å². The number of aromatic nitrogens is 3. The molecule has 1 aliphatic rings. The first-order chi connectivity index (χ1) is 8.49. The van der Waals surface area contributed by atoms with Crippen LogP contribution in [-0.2, 0) is 11.5 Å². The third kappa shape index (κ3) is 2.67. The van der Waals surface area contributed by atoms with E-state index in [1.165, 1.54) is 0 Å². The minimum atomic E-state index is -0.751. The summed E-state index contributed by atoms with van der Waals surface area (Å²) >= 11 is 1.54. The molecular weight excluding hydrogens is 252 g/mol. The average molecular weight is 270 g/mol. The number of aryl methyl sites for hydroxylation is 1. The third-order valence-corrected chi connectivity index (χ3v) is 4.03. The Balaban J connectivity index is 2.14. The van der Waals surface area contributed by atoms with Crippen LogP contribution in [0.15, 0.2) is 5.16 Å². The lowest BCUT2D eigenvalue weighted by molar-refractivity contribution is -0.144. The summed E-state index contributed by atoms with van der Waals surface area (Å²) in [5.74, 6) is 1.09. The van der Waals surface area contributed by atoms with Crippen LogP contribution < -0.4 is 0 Å². The Kier molecular flexibility index (Phi) is 3.91. The number of aliphatic carboxylic acids is 1. The molecule has 0 saturated heterocycles. The standard InChI is InChI=1S/C11H18N4O2S/c1-7(2)4-9(10(16)17)14-5-15-8(3)12-13-11(15)18-6-14/h7,9H,4-6H2,1-3H3,(H,16,17)/t9-/m1/s1. The van der Waals surface area contributed by atoms with Gasteiger partial charge in [0.05, 0.1) is 12.5 Å². The fourth-order valence-electron chi connectivity index (χ4n) is 2.04. The lowest BCUT2D eigenvalue weighted by Crippen LogP contribution is -2.44. The van der Waals surface area contributed by atoms with Gasteiger partial charge in [0.25, 0.3) is 0 Å². The highest BCUT2D eigenvalue weighted by Crippen LogP contribution is 2.27. The van der Waals surface area contributed by atoms with Crippen LogP contribution in [0.3, 0.4) is 0 Å². The van der Waals surface area contributed by atoms with Gasteiger partial charge in [0, 0.05) is 0 Å². The van der Waals surface area contributed by atoms with E-state index >= 15 is 0 Å². The number of carboxylic acids is 1. The van der Waals surface area contributed by atoms with E-state index < -0.39 is 12.0 Å². The van der Waals surface area contributed by atoms with Crippen LogP contribution in [0.4, 0.5) is 0 Å². The number of nitrogens with zero attached hydrogens (tertiary/aromatic N) is 4. The van der Waals surface area contributed by atoms with Crippen molar-refractivity contribution in [2.24, 2.45) is 5.92 Å². The zero-order valence-electron chi connectivity index (χ0n) is 10.8. The first-order valence-electron chi connectivity index (χ1n) is 5.98. The van der Waals surface area contributed by atoms with Gasteiger partial charge < -0.3 is 5.11 Å². The van der Waals surface area contributed by atoms with E-state index in [0.29, 0.717) is 24.9 Å². The molecule has 0 radical (unpaired) electrons. The molecule has 0 saturated carbocycles. The number of carbonyl (C=O) groups is 1. The Labute approximate surface area is 110 Å². The molecule has 2 rings (SSSR count). The lowest BCUT2D eigenvalue weighted by Gasteiger charge is -2.33. The molecule has 1 N–H and O–H groups in total. The van der Waals surface area contributed by atoms with Gasteiger partial charge in [0.15, 0.2) is 5.16 Å². The molecule has 0 fully saturated rings. The average Bonchev–Trinajstić information content (AvgIpc) is 2.67. The number of rotatable bonds is 4. The van der Waals surface area contributed by atoms with Gasteiger partial charge in [-0.25, -0.2) is 0 Å². The van der Waals surface area contributed by atoms with Crippen molar-refractivity contribution in [3.63, 3.8) is 0 Å². The monoisotopic (exact) mass is 270 g/mol. The fraction of sp³-hybridized carbons (Fsp3) is 0.727. The molecule has 0 unspecified atom stereocenters. The van der Waals surface area contributed by atoms with Gasteiger partial charge in [-0.05, 0) is 19.3 Å². The van der Waals surface area contributed by atoms with Gasteiger partial charge in [-0.2, -0.15) is 0 Å². The second-order valence-electron chi connectivity index (χ2n) is 4.95. The lowest BCUT2D eigenvalue weighted by atomic mass is 10.0. The number of fused-ring (bicyclic) bond motifs is 1. The molecule has 100 valence electrons. The molecule has 1 aromatic rings. The molecule has 7 heteroatoms. The molecule has 6 nitrogen and oxygen atoms in total. The number of hydrogen-bond acceptors (Lipinski definition) is 5. The summed E-state index contributed by atoms with van der Waals surface area (Å²) in [7, 11) is 0. The van der Waals surface area contributed by atoms with Gasteiger partial charge >= 0.3 is 5.97 Å². The molecule has 0 aromatic carbocycles. The summed E-state index contributed by atoms with van der Waals surface area (Å²) < 4.78 is 1.96. The molecule has 0 amide bonds. The topological polar surface area (TPSA) is 71.2 Å². The smallest absolute Gasteiger partial charge is 0.321 e. The largest absolute Gasteiger partial charge is 0.480 e. The molecule has 1 aliphatic heterocycles. The van der Waals surface area contributed by atoms with E-state index in [9.17, 15) is 9.90 Å². The Morgan fingerprint density at radius 3 is 2.83 bits per heavy atom. The van der Waals surface area contributed by atoms with Gasteiger partial charge in [-0.1, -0.05) is 25.6 Å². The van der Waals surface area contributed by atoms with E-state index in [1.54, 1.807) is 11.8 Å². The third-order valence-electron chi connectivity index (χ3n) is 3.00. The first-order valence-corrected chi connectivity index (χ1v) is 6.97. The molecule has 1 atom stereocenters. The summed E-state index contributed by atoms with van der Waals surface area (Å²) in [6.45, 7) is 6.54. The van der Waals surface area contributed by atoms with Gasteiger partial charge in [0.1, 0.15) is 11.9 Å². The van der Waals surface area contributed by atoms with Crippen molar-refractivity contribution in [2.75, 3.05) is 5.88 Å². The summed E-state index contributed by atoms with van der Waals surface area (Å²) in [5.41, 5.74) is 0. The van der Waals surface area contributed by atoms with Crippen LogP contribution in [0.5, 0.6) is 0 Å². The van der Waals surface area contributed by atoms with Crippen molar-refractivity contribution in [2.45, 2.75) is 45.1 Å². The van der Waals surface area contributed by atoms with Gasteiger partial charge in [-0.15, -0.1) is 10.2 Å². The highest BCUT2D eigenvalue weighted by atomic mass is 32.2. The Bertz CT molecular complexity index is 446. The second-order valence-corrected chi connectivity index (χ2v) is 5.86. The molecule has 0 bridgehead atoms. The molecular formula is C11H18N4O2S. The highest BCUT2D eigenvalue weighted by molar-refractivity contribution is 7.99. The van der Waals surface area contributed by atoms with Crippen molar-refractivity contribution in [1.82, 2.24) is 19.7 Å². The SMILES string of the molecule is Cc1nnc2n1CN([C@H](CC(C)C)C(=O)O)CS2. The zero-order chi connectivity index (χ0) is 13.3. The van der Waals surface area contributed by atoms with E-state index in [2.05, 4.69) is 10.2 Å². The first kappa shape index (κ1) is 13.4. The van der Waals surface area contributed by atoms with Crippen LogP contribution in [-0.4, -0.2) is 42.7 Å². The minimum absolute atomic E-state index is 0.361. The van der Waals surface area contributed by atoms with Crippen molar-refractivity contribution < 1.29 is 9.90 Å². The minimum Gasteiger partial charge on any atom is -0.480 e. The fourth-order valence-corrected chi connectivity index (χ4v) is 3.02. The maximum Gasteiger partial charge on any atom is 0.321 e. The van der Waals surface area contributed by atoms with Crippen molar-refractivity contribution in [3.8, 4) is 0 Å². The summed E-state index contributed by atoms with van der Waals surface area (Å²) in [6, 6.07) is -0.438. The van der Waals surface area contributed by atoms with Crippen LogP contribution in [0.25, 0.3) is 0 Å². The molecule has 0 spiro atoms. The van der Waals surface area contributed by atoms with Crippen LogP contribution >= 0.6 is 11.8 Å². The number of thioether (sulfide) groups is 1. The number of carboxylic acid groups (broad SMARTS) is 1. The van der Waals surface area contributed by atoms with Gasteiger partial charge in [0.2, 0.25) is 0 Å². The van der Waals surface area contributed by atoms with Crippen molar-refractivity contribution >= 4 is 17.7 Å². The van der Waals surface area contributed by atoms with Crippen LogP contribution in [0, 0.1) is 12.8 Å². The molecule has 1 aromatic heterocycles. The van der Waals surface area contributed by atoms with Crippen LogP contribution in [0.1, 0.15) is 26.1 Å². The second kappa shape index (κ2) is 5.27. The van der Waals surface area contributed by atoms with E-state index in [4.69, 9.17) is 0 Å². The Morgan fingerprint density at radius 1 is 1.50 bits per heavy atom. The predicted octanol–water partition coefficient (Wildman–Crippen LogP) is 1.41. The highest BCUT2D eigenvalue weighted by Gasteiger charge is 2.30. The van der Waals surface area contributed by atoms with Crippen molar-refractivity contribution in [3.05, 3.63) is 5.82 Å². The number of hydrogen-bond donors (Lipinski definition) is 1. The summed E-state index contributed by atoms with van der Waals surface area (Å²) in [5, 5.41) is 18.3. The molecule has 0 aliphatic carbocycles.